The first-order valence-electron chi connectivity index (χ1n) is 9.84. The maximum absolute atomic E-state index is 12.7. The minimum Gasteiger partial charge on any atom is -0.395 e. The van der Waals surface area contributed by atoms with Crippen LogP contribution in [0, 0.1) is 6.92 Å². The van der Waals surface area contributed by atoms with Crippen molar-refractivity contribution in [2.45, 2.75) is 38.1 Å². The van der Waals surface area contributed by atoms with Crippen LogP contribution in [0.15, 0.2) is 36.7 Å². The summed E-state index contributed by atoms with van der Waals surface area (Å²) < 4.78 is 1.94. The zero-order chi connectivity index (χ0) is 19.3. The molecule has 3 heterocycles. The largest absolute Gasteiger partial charge is 0.395 e. The van der Waals surface area contributed by atoms with Gasteiger partial charge in [0.2, 0.25) is 0 Å². The molecule has 6 nitrogen and oxygen atoms in total. The molecule has 0 unspecified atom stereocenters. The first kappa shape index (κ1) is 17.3. The molecule has 0 radical (unpaired) electrons. The predicted octanol–water partition coefficient (Wildman–Crippen LogP) is 2.26. The van der Waals surface area contributed by atoms with Crippen molar-refractivity contribution in [1.82, 2.24) is 14.7 Å². The summed E-state index contributed by atoms with van der Waals surface area (Å²) in [6.07, 6.45) is 7.62. The standard InChI is InChI=1S/C22H24N4O2/c1-14-12-26-13-18(21(28)23-8-9-27)17-6-7-22(25-19(17)20(26)24-14)10-15-4-2-3-5-16(15)11-22/h2-5,12-13,25,27H,6-11H2,1H3,(H,23,28). The number of fused-ring (bicyclic) bond motifs is 4. The molecule has 2 aromatic heterocycles. The van der Waals surface area contributed by atoms with Gasteiger partial charge in [0.15, 0.2) is 5.65 Å². The average Bonchev–Trinajstić information content (AvgIpc) is 3.24. The Morgan fingerprint density at radius 3 is 2.75 bits per heavy atom. The van der Waals surface area contributed by atoms with Gasteiger partial charge in [-0.1, -0.05) is 24.3 Å². The third kappa shape index (κ3) is 2.67. The van der Waals surface area contributed by atoms with E-state index in [0.717, 1.165) is 48.3 Å². The minimum atomic E-state index is -0.147. The van der Waals surface area contributed by atoms with Crippen molar-refractivity contribution >= 4 is 17.2 Å². The van der Waals surface area contributed by atoms with Crippen molar-refractivity contribution < 1.29 is 9.90 Å². The SMILES string of the molecule is Cc1cn2cc(C(=O)NCCO)c3c(c2n1)NC1(CC3)Cc2ccccc2C1. The first-order valence-corrected chi connectivity index (χ1v) is 9.84. The third-order valence-corrected chi connectivity index (χ3v) is 6.03. The second kappa shape index (κ2) is 6.34. The van der Waals surface area contributed by atoms with E-state index in [9.17, 15) is 4.79 Å². The zero-order valence-electron chi connectivity index (χ0n) is 16.0. The van der Waals surface area contributed by atoms with Crippen LogP contribution in [0.4, 0.5) is 5.69 Å². The maximum atomic E-state index is 12.7. The van der Waals surface area contributed by atoms with Gasteiger partial charge in [-0.15, -0.1) is 0 Å². The van der Waals surface area contributed by atoms with Gasteiger partial charge < -0.3 is 20.1 Å². The molecule has 6 heteroatoms. The normalized spacial score (nSPS) is 16.6. The molecule has 28 heavy (non-hydrogen) atoms. The summed E-state index contributed by atoms with van der Waals surface area (Å²) in [4.78, 5) is 17.5. The van der Waals surface area contributed by atoms with Crippen molar-refractivity contribution in [3.63, 3.8) is 0 Å². The highest BCUT2D eigenvalue weighted by Crippen LogP contribution is 2.42. The van der Waals surface area contributed by atoms with E-state index in [1.165, 1.54) is 11.1 Å². The van der Waals surface area contributed by atoms with Crippen LogP contribution in [0.25, 0.3) is 5.65 Å². The lowest BCUT2D eigenvalue weighted by atomic mass is 9.82. The molecule has 0 fully saturated rings. The first-order chi connectivity index (χ1) is 13.6. The van der Waals surface area contributed by atoms with Crippen LogP contribution < -0.4 is 10.6 Å². The van der Waals surface area contributed by atoms with Gasteiger partial charge in [-0.25, -0.2) is 4.98 Å². The summed E-state index contributed by atoms with van der Waals surface area (Å²) in [5.41, 5.74) is 7.26. The summed E-state index contributed by atoms with van der Waals surface area (Å²) in [5, 5.41) is 15.7. The topological polar surface area (TPSA) is 78.7 Å². The van der Waals surface area contributed by atoms with E-state index in [2.05, 4.69) is 34.9 Å². The molecule has 5 rings (SSSR count). The lowest BCUT2D eigenvalue weighted by Crippen LogP contribution is -2.43. The quantitative estimate of drug-likeness (QED) is 0.655. The van der Waals surface area contributed by atoms with E-state index in [4.69, 9.17) is 10.1 Å². The lowest BCUT2D eigenvalue weighted by Gasteiger charge is -2.37. The van der Waals surface area contributed by atoms with Gasteiger partial charge >= 0.3 is 0 Å². The van der Waals surface area contributed by atoms with E-state index in [1.807, 2.05) is 23.7 Å². The maximum Gasteiger partial charge on any atom is 0.253 e. The Hall–Kier alpha value is -2.86. The Labute approximate surface area is 163 Å². The fraction of sp³-hybridized carbons (Fsp3) is 0.364. The molecule has 3 N–H and O–H groups in total. The molecule has 0 saturated heterocycles. The molecule has 0 saturated carbocycles. The summed E-state index contributed by atoms with van der Waals surface area (Å²) in [5.74, 6) is -0.147. The van der Waals surface area contributed by atoms with Crippen molar-refractivity contribution in [2.24, 2.45) is 0 Å². The number of carbonyl (C=O) groups excluding carboxylic acids is 1. The summed E-state index contributed by atoms with van der Waals surface area (Å²) in [6.45, 7) is 2.15. The van der Waals surface area contributed by atoms with Gasteiger partial charge in [-0.05, 0) is 49.3 Å². The van der Waals surface area contributed by atoms with Crippen LogP contribution in [0.2, 0.25) is 0 Å². The highest BCUT2D eigenvalue weighted by molar-refractivity contribution is 5.98. The lowest BCUT2D eigenvalue weighted by molar-refractivity contribution is 0.0943. The average molecular weight is 376 g/mol. The Morgan fingerprint density at radius 2 is 2.04 bits per heavy atom. The fourth-order valence-corrected chi connectivity index (χ4v) is 4.79. The number of carbonyl (C=O) groups is 1. The number of imidazole rings is 1. The Bertz CT molecular complexity index is 1060. The fourth-order valence-electron chi connectivity index (χ4n) is 4.79. The van der Waals surface area contributed by atoms with Crippen LogP contribution in [-0.2, 0) is 19.3 Å². The predicted molar refractivity (Wildman–Crippen MR) is 108 cm³/mol. The molecule has 1 aliphatic carbocycles. The molecule has 1 amide bonds. The van der Waals surface area contributed by atoms with E-state index in [-0.39, 0.29) is 24.6 Å². The van der Waals surface area contributed by atoms with Gasteiger partial charge in [-0.3, -0.25) is 4.79 Å². The van der Waals surface area contributed by atoms with Crippen molar-refractivity contribution in [1.29, 1.82) is 0 Å². The second-order valence-electron chi connectivity index (χ2n) is 8.02. The molecule has 3 aromatic rings. The number of aliphatic hydroxyl groups is 1. The number of nitrogens with zero attached hydrogens (tertiary/aromatic N) is 2. The number of amides is 1. The Balaban J connectivity index is 1.59. The van der Waals surface area contributed by atoms with Crippen molar-refractivity contribution in [2.75, 3.05) is 18.5 Å². The van der Waals surface area contributed by atoms with Crippen LogP contribution in [-0.4, -0.2) is 39.1 Å². The van der Waals surface area contributed by atoms with Crippen LogP contribution in [0.3, 0.4) is 0 Å². The number of benzene rings is 1. The van der Waals surface area contributed by atoms with Gasteiger partial charge in [0, 0.05) is 24.5 Å². The number of nitrogens with one attached hydrogen (secondary N) is 2. The number of pyridine rings is 1. The monoisotopic (exact) mass is 376 g/mol. The molecule has 144 valence electrons. The number of aromatic nitrogens is 2. The second-order valence-corrected chi connectivity index (χ2v) is 8.02. The number of rotatable bonds is 3. The number of hydrogen-bond acceptors (Lipinski definition) is 4. The molecule has 1 aromatic carbocycles. The van der Waals surface area contributed by atoms with E-state index in [1.54, 1.807) is 0 Å². The summed E-state index contributed by atoms with van der Waals surface area (Å²) in [7, 11) is 0. The van der Waals surface area contributed by atoms with Gasteiger partial charge in [-0.2, -0.15) is 0 Å². The highest BCUT2D eigenvalue weighted by atomic mass is 16.3. The van der Waals surface area contributed by atoms with Crippen molar-refractivity contribution in [3.8, 4) is 0 Å². The van der Waals surface area contributed by atoms with E-state index in [0.29, 0.717) is 5.56 Å². The molecular formula is C22H24N4O2. The number of aliphatic hydroxyl groups excluding tert-OH is 1. The molecular weight excluding hydrogens is 352 g/mol. The summed E-state index contributed by atoms with van der Waals surface area (Å²) >= 11 is 0. The van der Waals surface area contributed by atoms with Crippen LogP contribution in [0.5, 0.6) is 0 Å². The van der Waals surface area contributed by atoms with Gasteiger partial charge in [0.1, 0.15) is 0 Å². The van der Waals surface area contributed by atoms with Crippen LogP contribution in [0.1, 0.15) is 39.2 Å². The van der Waals surface area contributed by atoms with Crippen molar-refractivity contribution in [3.05, 3.63) is 64.6 Å². The number of anilines is 1. The molecule has 0 bridgehead atoms. The molecule has 1 aliphatic heterocycles. The smallest absolute Gasteiger partial charge is 0.253 e. The Morgan fingerprint density at radius 1 is 1.29 bits per heavy atom. The highest BCUT2D eigenvalue weighted by Gasteiger charge is 2.41. The van der Waals surface area contributed by atoms with Gasteiger partial charge in [0.05, 0.1) is 23.6 Å². The number of hydrogen-bond donors (Lipinski definition) is 3. The Kier molecular flexibility index (Phi) is 3.91. The third-order valence-electron chi connectivity index (χ3n) is 6.03. The molecule has 2 aliphatic rings. The van der Waals surface area contributed by atoms with E-state index < -0.39 is 0 Å². The number of aryl methyl sites for hydroxylation is 1. The summed E-state index contributed by atoms with van der Waals surface area (Å²) in [6, 6.07) is 8.65. The minimum absolute atomic E-state index is 0.0166. The van der Waals surface area contributed by atoms with Gasteiger partial charge in [0.25, 0.3) is 5.91 Å². The molecule has 0 atom stereocenters. The van der Waals surface area contributed by atoms with E-state index >= 15 is 0 Å². The zero-order valence-corrected chi connectivity index (χ0v) is 16.0. The molecule has 1 spiro atoms. The van der Waals surface area contributed by atoms with Crippen LogP contribution >= 0.6 is 0 Å².